The first-order valence-electron chi connectivity index (χ1n) is 9.54. The van der Waals surface area contributed by atoms with Crippen LogP contribution in [0.3, 0.4) is 0 Å². The van der Waals surface area contributed by atoms with Gasteiger partial charge >= 0.3 is 0 Å². The SMILES string of the molecule is CN(C)C(C(=O)NCCCNC(=O)C(c1cncn1C)N(C)C)c1cncn1C. The van der Waals surface area contributed by atoms with Gasteiger partial charge in [0, 0.05) is 27.2 Å². The van der Waals surface area contributed by atoms with Crippen LogP contribution in [0.2, 0.25) is 0 Å². The number of hydrogen-bond donors (Lipinski definition) is 2. The third-order valence-electron chi connectivity index (χ3n) is 4.75. The van der Waals surface area contributed by atoms with E-state index in [4.69, 9.17) is 0 Å². The number of amides is 2. The molecule has 0 aliphatic carbocycles. The lowest BCUT2D eigenvalue weighted by Crippen LogP contribution is -2.40. The fourth-order valence-corrected chi connectivity index (χ4v) is 3.23. The van der Waals surface area contributed by atoms with Crippen molar-refractivity contribution in [3.63, 3.8) is 0 Å². The minimum absolute atomic E-state index is 0.0917. The zero-order chi connectivity index (χ0) is 21.6. The fourth-order valence-electron chi connectivity index (χ4n) is 3.23. The van der Waals surface area contributed by atoms with Crippen LogP contribution in [0.15, 0.2) is 25.0 Å². The first-order valence-corrected chi connectivity index (χ1v) is 9.54. The number of hydrogen-bond acceptors (Lipinski definition) is 6. The van der Waals surface area contributed by atoms with Gasteiger partial charge < -0.3 is 19.8 Å². The Morgan fingerprint density at radius 3 is 1.52 bits per heavy atom. The average Bonchev–Trinajstić information content (AvgIpc) is 3.23. The second-order valence-corrected chi connectivity index (χ2v) is 7.53. The molecule has 2 N–H and O–H groups in total. The number of aromatic nitrogens is 4. The molecule has 0 aliphatic heterocycles. The summed E-state index contributed by atoms with van der Waals surface area (Å²) in [6.45, 7) is 0.944. The minimum atomic E-state index is -0.417. The number of carbonyl (C=O) groups is 2. The van der Waals surface area contributed by atoms with Crippen LogP contribution in [0.5, 0.6) is 0 Å². The maximum atomic E-state index is 12.6. The van der Waals surface area contributed by atoms with Gasteiger partial charge in [0.25, 0.3) is 0 Å². The molecule has 0 saturated heterocycles. The normalized spacial score (nSPS) is 13.5. The molecule has 2 unspecified atom stereocenters. The second kappa shape index (κ2) is 10.2. The van der Waals surface area contributed by atoms with Crippen molar-refractivity contribution in [2.45, 2.75) is 18.5 Å². The summed E-state index contributed by atoms with van der Waals surface area (Å²) in [7, 11) is 11.2. The number of rotatable bonds is 10. The second-order valence-electron chi connectivity index (χ2n) is 7.53. The first-order chi connectivity index (χ1) is 13.7. The van der Waals surface area contributed by atoms with Crippen LogP contribution in [-0.2, 0) is 23.7 Å². The van der Waals surface area contributed by atoms with E-state index in [9.17, 15) is 9.59 Å². The van der Waals surface area contributed by atoms with Crippen LogP contribution in [0.1, 0.15) is 29.9 Å². The standard InChI is InChI=1S/C19H32N8O2/c1-24(2)16(14-10-20-12-26(14)5)18(28)22-8-7-9-23-19(29)17(25(3)4)15-11-21-13-27(15)6/h10-13,16-17H,7-9H2,1-6H3,(H,22,28)(H,23,29). The third-order valence-corrected chi connectivity index (χ3v) is 4.75. The van der Waals surface area contributed by atoms with Gasteiger partial charge in [0.2, 0.25) is 11.8 Å². The Balaban J connectivity index is 1.82. The number of likely N-dealkylation sites (N-methyl/N-ethyl adjacent to an activating group) is 2. The van der Waals surface area contributed by atoms with Crippen molar-refractivity contribution in [1.29, 1.82) is 0 Å². The zero-order valence-electron chi connectivity index (χ0n) is 18.1. The van der Waals surface area contributed by atoms with E-state index in [1.54, 1.807) is 25.0 Å². The lowest BCUT2D eigenvalue weighted by molar-refractivity contribution is -0.126. The van der Waals surface area contributed by atoms with Crippen molar-refractivity contribution in [2.75, 3.05) is 41.3 Å². The van der Waals surface area contributed by atoms with E-state index in [2.05, 4.69) is 20.6 Å². The molecule has 10 nitrogen and oxygen atoms in total. The van der Waals surface area contributed by atoms with Crippen molar-refractivity contribution in [1.82, 2.24) is 39.5 Å². The molecule has 0 bridgehead atoms. The third kappa shape index (κ3) is 5.64. The Bertz CT molecular complexity index is 744. The van der Waals surface area contributed by atoms with Crippen molar-refractivity contribution in [3.05, 3.63) is 36.4 Å². The van der Waals surface area contributed by atoms with E-state index in [-0.39, 0.29) is 11.8 Å². The summed E-state index contributed by atoms with van der Waals surface area (Å²) in [5, 5.41) is 5.89. The highest BCUT2D eigenvalue weighted by atomic mass is 16.2. The molecule has 10 heteroatoms. The van der Waals surface area contributed by atoms with Gasteiger partial charge in [-0.15, -0.1) is 0 Å². The largest absolute Gasteiger partial charge is 0.354 e. The van der Waals surface area contributed by atoms with Crippen LogP contribution >= 0.6 is 0 Å². The van der Waals surface area contributed by atoms with Crippen LogP contribution < -0.4 is 10.6 Å². The smallest absolute Gasteiger partial charge is 0.243 e. The predicted octanol–water partition coefficient (Wildman–Crippen LogP) is -0.318. The Morgan fingerprint density at radius 1 is 0.862 bits per heavy atom. The lowest BCUT2D eigenvalue weighted by Gasteiger charge is -2.24. The van der Waals surface area contributed by atoms with E-state index >= 15 is 0 Å². The molecular weight excluding hydrogens is 372 g/mol. The minimum Gasteiger partial charge on any atom is -0.354 e. The molecule has 2 rings (SSSR count). The monoisotopic (exact) mass is 404 g/mol. The summed E-state index contributed by atoms with van der Waals surface area (Å²) >= 11 is 0. The van der Waals surface area contributed by atoms with Gasteiger partial charge in [-0.2, -0.15) is 0 Å². The molecule has 2 amide bonds. The molecule has 2 atom stereocenters. The summed E-state index contributed by atoms with van der Waals surface area (Å²) in [5.41, 5.74) is 1.65. The van der Waals surface area contributed by atoms with Gasteiger partial charge in [0.15, 0.2) is 0 Å². The Labute approximate surface area is 171 Å². The molecular formula is C19H32N8O2. The van der Waals surface area contributed by atoms with Crippen LogP contribution in [0.4, 0.5) is 0 Å². The van der Waals surface area contributed by atoms with Gasteiger partial charge in [0.05, 0.1) is 36.4 Å². The molecule has 160 valence electrons. The summed E-state index contributed by atoms with van der Waals surface area (Å²) in [4.78, 5) is 37.1. The molecule has 0 saturated carbocycles. The van der Waals surface area contributed by atoms with Crippen molar-refractivity contribution < 1.29 is 9.59 Å². The molecule has 0 aromatic carbocycles. The van der Waals surface area contributed by atoms with E-state index in [1.807, 2.05) is 61.2 Å². The topological polar surface area (TPSA) is 100 Å². The molecule has 2 heterocycles. The number of nitrogens with one attached hydrogen (secondary N) is 2. The maximum absolute atomic E-state index is 12.6. The quantitative estimate of drug-likeness (QED) is 0.527. The van der Waals surface area contributed by atoms with Gasteiger partial charge in [-0.3, -0.25) is 19.4 Å². The molecule has 0 aliphatic rings. The highest BCUT2D eigenvalue weighted by molar-refractivity contribution is 5.83. The number of carbonyl (C=O) groups excluding carboxylic acids is 2. The molecule has 2 aromatic rings. The van der Waals surface area contributed by atoms with Crippen LogP contribution in [0, 0.1) is 0 Å². The van der Waals surface area contributed by atoms with E-state index in [0.29, 0.717) is 19.5 Å². The Kier molecular flexibility index (Phi) is 7.91. The van der Waals surface area contributed by atoms with Crippen LogP contribution in [-0.4, -0.2) is 82.0 Å². The first kappa shape index (κ1) is 22.6. The van der Waals surface area contributed by atoms with Crippen LogP contribution in [0.25, 0.3) is 0 Å². The summed E-state index contributed by atoms with van der Waals surface area (Å²) in [5.74, 6) is -0.183. The zero-order valence-corrected chi connectivity index (χ0v) is 18.1. The Hall–Kier alpha value is -2.72. The van der Waals surface area contributed by atoms with Crippen molar-refractivity contribution >= 4 is 11.8 Å². The Morgan fingerprint density at radius 2 is 1.24 bits per heavy atom. The summed E-state index contributed by atoms with van der Waals surface area (Å²) in [6.07, 6.45) is 7.39. The molecule has 2 aromatic heterocycles. The predicted molar refractivity (Wildman–Crippen MR) is 110 cm³/mol. The average molecular weight is 405 g/mol. The van der Waals surface area contributed by atoms with Crippen molar-refractivity contribution in [3.8, 4) is 0 Å². The number of imidazole rings is 2. The van der Waals surface area contributed by atoms with Gasteiger partial charge in [0.1, 0.15) is 12.1 Å². The van der Waals surface area contributed by atoms with Gasteiger partial charge in [-0.1, -0.05) is 0 Å². The fraction of sp³-hybridized carbons (Fsp3) is 0.579. The maximum Gasteiger partial charge on any atom is 0.243 e. The molecule has 0 radical (unpaired) electrons. The molecule has 0 fully saturated rings. The lowest BCUT2D eigenvalue weighted by atomic mass is 10.1. The molecule has 0 spiro atoms. The summed E-state index contributed by atoms with van der Waals surface area (Å²) in [6, 6.07) is -0.833. The molecule has 29 heavy (non-hydrogen) atoms. The van der Waals surface area contributed by atoms with E-state index in [1.165, 1.54) is 0 Å². The van der Waals surface area contributed by atoms with Gasteiger partial charge in [-0.25, -0.2) is 9.97 Å². The van der Waals surface area contributed by atoms with E-state index in [0.717, 1.165) is 11.4 Å². The summed E-state index contributed by atoms with van der Waals surface area (Å²) < 4.78 is 3.68. The number of nitrogens with zero attached hydrogens (tertiary/aromatic N) is 6. The number of aryl methyl sites for hydroxylation is 2. The van der Waals surface area contributed by atoms with Crippen molar-refractivity contribution in [2.24, 2.45) is 14.1 Å². The highest BCUT2D eigenvalue weighted by Gasteiger charge is 2.26. The van der Waals surface area contributed by atoms with Gasteiger partial charge in [-0.05, 0) is 34.6 Å². The highest BCUT2D eigenvalue weighted by Crippen LogP contribution is 2.18. The van der Waals surface area contributed by atoms with E-state index < -0.39 is 12.1 Å².